The van der Waals surface area contributed by atoms with Crippen LogP contribution >= 0.6 is 0 Å². The number of nitrogens with zero attached hydrogens (tertiary/aromatic N) is 3. The minimum atomic E-state index is -1.25. The molecule has 1 unspecified atom stereocenters. The molecule has 1 aromatic carbocycles. The van der Waals surface area contributed by atoms with Crippen LogP contribution in [-0.4, -0.2) is 33.4 Å². The van der Waals surface area contributed by atoms with Crippen molar-refractivity contribution >= 4 is 29.1 Å². The Labute approximate surface area is 167 Å². The summed E-state index contributed by atoms with van der Waals surface area (Å²) in [6.45, 7) is 8.51. The largest absolute Gasteiger partial charge is 0.472 e. The molecule has 1 aliphatic heterocycles. The van der Waals surface area contributed by atoms with Gasteiger partial charge < -0.3 is 20.2 Å². The van der Waals surface area contributed by atoms with Crippen molar-refractivity contribution in [2.45, 2.75) is 46.3 Å². The van der Waals surface area contributed by atoms with Gasteiger partial charge in [0.15, 0.2) is 11.4 Å². The van der Waals surface area contributed by atoms with Crippen molar-refractivity contribution in [3.8, 4) is 5.75 Å². The van der Waals surface area contributed by atoms with Crippen molar-refractivity contribution < 1.29 is 19.2 Å². The number of amides is 2. The van der Waals surface area contributed by atoms with Crippen LogP contribution in [0.3, 0.4) is 0 Å². The van der Waals surface area contributed by atoms with Crippen LogP contribution in [0.25, 0.3) is 0 Å². The van der Waals surface area contributed by atoms with Gasteiger partial charge >= 0.3 is 5.82 Å². The first kappa shape index (κ1) is 20.2. The van der Waals surface area contributed by atoms with Crippen molar-refractivity contribution in [2.75, 3.05) is 10.2 Å². The zero-order valence-corrected chi connectivity index (χ0v) is 16.8. The zero-order chi connectivity index (χ0) is 21.5. The highest BCUT2D eigenvalue weighted by atomic mass is 16.6. The highest BCUT2D eigenvalue weighted by Gasteiger charge is 2.47. The van der Waals surface area contributed by atoms with E-state index in [4.69, 9.17) is 4.74 Å². The van der Waals surface area contributed by atoms with Gasteiger partial charge in [0.1, 0.15) is 6.04 Å². The standard InChI is InChI=1S/C20H22N4O5/c1-11-7-6-8-14(12(11)2)21-18(25)13(3)23-17-15(29-20(4,5)19(23)26)9-10-16(22-17)24(27)28/h6-10,13H,1-5H3,(H,21,25). The van der Waals surface area contributed by atoms with Crippen LogP contribution in [0.4, 0.5) is 17.3 Å². The number of aromatic nitrogens is 1. The van der Waals surface area contributed by atoms with E-state index >= 15 is 0 Å². The van der Waals surface area contributed by atoms with Gasteiger partial charge in [-0.15, -0.1) is 0 Å². The van der Waals surface area contributed by atoms with Crippen LogP contribution in [-0.2, 0) is 9.59 Å². The molecule has 1 N–H and O–H groups in total. The molecule has 0 aliphatic carbocycles. The molecule has 9 heteroatoms. The van der Waals surface area contributed by atoms with Gasteiger partial charge in [0.05, 0.1) is 0 Å². The second kappa shape index (κ2) is 7.16. The number of hydrogen-bond donors (Lipinski definition) is 1. The number of carbonyl (C=O) groups is 2. The third-order valence-corrected chi connectivity index (χ3v) is 4.97. The Bertz CT molecular complexity index is 1020. The first-order valence-electron chi connectivity index (χ1n) is 9.08. The second-order valence-electron chi connectivity index (χ2n) is 7.45. The number of hydrogen-bond acceptors (Lipinski definition) is 6. The van der Waals surface area contributed by atoms with Crippen LogP contribution in [0.5, 0.6) is 5.75 Å². The first-order valence-corrected chi connectivity index (χ1v) is 9.08. The molecule has 3 rings (SSSR count). The monoisotopic (exact) mass is 398 g/mol. The molecule has 2 heterocycles. The summed E-state index contributed by atoms with van der Waals surface area (Å²) in [7, 11) is 0. The summed E-state index contributed by atoms with van der Waals surface area (Å²) >= 11 is 0. The van der Waals surface area contributed by atoms with Gasteiger partial charge in [-0.1, -0.05) is 12.1 Å². The molecule has 1 aromatic heterocycles. The molecule has 29 heavy (non-hydrogen) atoms. The number of fused-ring (bicyclic) bond motifs is 1. The number of ether oxygens (including phenoxy) is 1. The predicted molar refractivity (Wildman–Crippen MR) is 107 cm³/mol. The molecule has 2 amide bonds. The Morgan fingerprint density at radius 3 is 2.62 bits per heavy atom. The quantitative estimate of drug-likeness (QED) is 0.625. The third kappa shape index (κ3) is 3.63. The van der Waals surface area contributed by atoms with Gasteiger partial charge in [-0.05, 0) is 67.8 Å². The lowest BCUT2D eigenvalue weighted by atomic mass is 10.0. The average Bonchev–Trinajstić information content (AvgIpc) is 2.65. The Morgan fingerprint density at radius 1 is 1.28 bits per heavy atom. The van der Waals surface area contributed by atoms with E-state index in [1.54, 1.807) is 26.8 Å². The van der Waals surface area contributed by atoms with E-state index in [0.29, 0.717) is 5.69 Å². The number of anilines is 2. The Morgan fingerprint density at radius 2 is 1.97 bits per heavy atom. The Balaban J connectivity index is 2.00. The van der Waals surface area contributed by atoms with Gasteiger partial charge in [-0.25, -0.2) is 0 Å². The van der Waals surface area contributed by atoms with Crippen LogP contribution in [0.2, 0.25) is 0 Å². The number of benzene rings is 1. The minimum Gasteiger partial charge on any atom is -0.472 e. The summed E-state index contributed by atoms with van der Waals surface area (Å²) in [4.78, 5) is 41.6. The van der Waals surface area contributed by atoms with Crippen molar-refractivity contribution in [2.24, 2.45) is 0 Å². The van der Waals surface area contributed by atoms with Gasteiger partial charge in [0.25, 0.3) is 11.7 Å². The van der Waals surface area contributed by atoms with E-state index < -0.39 is 34.2 Å². The average molecular weight is 398 g/mol. The summed E-state index contributed by atoms with van der Waals surface area (Å²) in [6.07, 6.45) is 0. The van der Waals surface area contributed by atoms with Crippen LogP contribution in [0.1, 0.15) is 31.9 Å². The Kier molecular flexibility index (Phi) is 5.00. The van der Waals surface area contributed by atoms with Crippen LogP contribution in [0, 0.1) is 24.0 Å². The maximum absolute atomic E-state index is 13.0. The van der Waals surface area contributed by atoms with Crippen molar-refractivity contribution in [3.63, 3.8) is 0 Å². The fourth-order valence-electron chi connectivity index (χ4n) is 3.08. The van der Waals surface area contributed by atoms with Crippen molar-refractivity contribution in [1.82, 2.24) is 4.98 Å². The third-order valence-electron chi connectivity index (χ3n) is 4.97. The van der Waals surface area contributed by atoms with Crippen LogP contribution < -0.4 is 15.0 Å². The van der Waals surface area contributed by atoms with Gasteiger partial charge in [0, 0.05) is 11.8 Å². The summed E-state index contributed by atoms with van der Waals surface area (Å²) in [6, 6.07) is 7.14. The maximum atomic E-state index is 13.0. The number of pyridine rings is 1. The molecule has 0 saturated heterocycles. The molecule has 1 atom stereocenters. The first-order chi connectivity index (χ1) is 13.5. The lowest BCUT2D eigenvalue weighted by Crippen LogP contribution is -2.58. The molecule has 0 radical (unpaired) electrons. The number of carbonyl (C=O) groups excluding carboxylic acids is 2. The van der Waals surface area contributed by atoms with Crippen molar-refractivity contribution in [3.05, 3.63) is 51.6 Å². The fourth-order valence-corrected chi connectivity index (χ4v) is 3.08. The van der Waals surface area contributed by atoms with E-state index in [-0.39, 0.29) is 11.6 Å². The molecule has 0 bridgehead atoms. The van der Waals surface area contributed by atoms with E-state index in [9.17, 15) is 19.7 Å². The summed E-state index contributed by atoms with van der Waals surface area (Å²) in [5.74, 6) is -1.24. The summed E-state index contributed by atoms with van der Waals surface area (Å²) in [5.41, 5.74) is 1.31. The highest BCUT2D eigenvalue weighted by Crippen LogP contribution is 2.38. The van der Waals surface area contributed by atoms with E-state index in [2.05, 4.69) is 10.3 Å². The van der Waals surface area contributed by atoms with Crippen molar-refractivity contribution in [1.29, 1.82) is 0 Å². The molecule has 152 valence electrons. The van der Waals surface area contributed by atoms with Gasteiger partial charge in [-0.3, -0.25) is 14.5 Å². The molecular weight excluding hydrogens is 376 g/mol. The summed E-state index contributed by atoms with van der Waals surface area (Å²) in [5, 5.41) is 14.0. The lowest BCUT2D eigenvalue weighted by molar-refractivity contribution is -0.389. The molecule has 9 nitrogen and oxygen atoms in total. The second-order valence-corrected chi connectivity index (χ2v) is 7.45. The van der Waals surface area contributed by atoms with Gasteiger partial charge in [0.2, 0.25) is 5.91 Å². The van der Waals surface area contributed by atoms with Gasteiger partial charge in [-0.2, -0.15) is 0 Å². The molecule has 0 saturated carbocycles. The number of rotatable bonds is 4. The number of nitro groups is 1. The lowest BCUT2D eigenvalue weighted by Gasteiger charge is -2.38. The fraction of sp³-hybridized carbons (Fsp3) is 0.350. The molecular formula is C20H22N4O5. The van der Waals surface area contributed by atoms with E-state index in [1.165, 1.54) is 12.1 Å². The topological polar surface area (TPSA) is 115 Å². The summed E-state index contributed by atoms with van der Waals surface area (Å²) < 4.78 is 5.67. The normalized spacial score (nSPS) is 15.9. The molecule has 0 fully saturated rings. The van der Waals surface area contributed by atoms with E-state index in [0.717, 1.165) is 16.0 Å². The van der Waals surface area contributed by atoms with E-state index in [1.807, 2.05) is 26.0 Å². The predicted octanol–water partition coefficient (Wildman–Crippen LogP) is 3.14. The minimum absolute atomic E-state index is 0.0489. The molecule has 1 aliphatic rings. The smallest absolute Gasteiger partial charge is 0.366 e. The molecule has 2 aromatic rings. The van der Waals surface area contributed by atoms with Crippen LogP contribution in [0.15, 0.2) is 30.3 Å². The molecule has 0 spiro atoms. The maximum Gasteiger partial charge on any atom is 0.366 e. The SMILES string of the molecule is Cc1cccc(NC(=O)C(C)N2C(=O)C(C)(C)Oc3ccc([N+](=O)[O-])nc32)c1C. The zero-order valence-electron chi connectivity index (χ0n) is 16.8. The Hall–Kier alpha value is -3.49. The highest BCUT2D eigenvalue weighted by molar-refractivity contribution is 6.08. The number of nitrogens with one attached hydrogen (secondary N) is 1. The number of aryl methyl sites for hydroxylation is 1.